The Morgan fingerprint density at radius 3 is 3.07 bits per heavy atom. The minimum Gasteiger partial charge on any atom is -0.491 e. The van der Waals surface area contributed by atoms with Gasteiger partial charge in [0, 0.05) is 0 Å². The molecule has 0 fully saturated rings. The zero-order valence-electron chi connectivity index (χ0n) is 9.04. The van der Waals surface area contributed by atoms with Gasteiger partial charge in [0.15, 0.2) is 0 Å². The van der Waals surface area contributed by atoms with Gasteiger partial charge >= 0.3 is 0 Å². The van der Waals surface area contributed by atoms with Crippen LogP contribution in [0.5, 0.6) is 5.75 Å². The van der Waals surface area contributed by atoms with Gasteiger partial charge in [-0.3, -0.25) is 4.79 Å². The minimum atomic E-state index is -0.0209. The molecule has 0 aromatic heterocycles. The Kier molecular flexibility index (Phi) is 2.62. The number of amides is 1. The van der Waals surface area contributed by atoms with Gasteiger partial charge in [-0.15, -0.1) is 0 Å². The van der Waals surface area contributed by atoms with E-state index >= 15 is 0 Å². The normalized spacial score (nSPS) is 19.9. The van der Waals surface area contributed by atoms with Crippen LogP contribution in [0.4, 0.5) is 0 Å². The minimum absolute atomic E-state index is 0.0209. The Labute approximate surface area is 89.4 Å². The largest absolute Gasteiger partial charge is 0.491 e. The third kappa shape index (κ3) is 1.82. The summed E-state index contributed by atoms with van der Waals surface area (Å²) in [5.41, 5.74) is 1.63. The van der Waals surface area contributed by atoms with E-state index in [1.807, 2.05) is 32.0 Å². The lowest BCUT2D eigenvalue weighted by molar-refractivity contribution is 0.0937. The second kappa shape index (κ2) is 3.93. The van der Waals surface area contributed by atoms with Gasteiger partial charge in [-0.1, -0.05) is 19.1 Å². The average molecular weight is 205 g/mol. The summed E-state index contributed by atoms with van der Waals surface area (Å²) in [7, 11) is 0. The fourth-order valence-corrected chi connectivity index (χ4v) is 1.76. The van der Waals surface area contributed by atoms with Crippen LogP contribution < -0.4 is 10.1 Å². The van der Waals surface area contributed by atoms with Gasteiger partial charge in [0.2, 0.25) is 0 Å². The molecule has 0 bridgehead atoms. The van der Waals surface area contributed by atoms with E-state index < -0.39 is 0 Å². The first-order valence-electron chi connectivity index (χ1n) is 5.25. The molecule has 1 aromatic carbocycles. The smallest absolute Gasteiger partial charge is 0.255 e. The molecule has 1 aromatic rings. The molecular weight excluding hydrogens is 190 g/mol. The van der Waals surface area contributed by atoms with Crippen LogP contribution in [0.2, 0.25) is 0 Å². The molecule has 2 rings (SSSR count). The standard InChI is InChI=1S/C12H15NO2/c1-3-9-7-15-10-6-4-5-8(2)11(10)12(14)13-9/h4-6,9H,3,7H2,1-2H3,(H,13,14)/t9-/m0/s1. The van der Waals surface area contributed by atoms with Crippen LogP contribution in [0.1, 0.15) is 29.3 Å². The van der Waals surface area contributed by atoms with E-state index in [1.165, 1.54) is 0 Å². The molecule has 0 saturated carbocycles. The molecule has 3 heteroatoms. The number of carbonyl (C=O) groups is 1. The first kappa shape index (κ1) is 10.0. The SMILES string of the molecule is CC[C@H]1COc2cccc(C)c2C(=O)N1. The van der Waals surface area contributed by atoms with Crippen LogP contribution >= 0.6 is 0 Å². The number of fused-ring (bicyclic) bond motifs is 1. The van der Waals surface area contributed by atoms with Gasteiger partial charge in [-0.05, 0) is 25.0 Å². The maximum absolute atomic E-state index is 11.9. The second-order valence-corrected chi connectivity index (χ2v) is 3.84. The van der Waals surface area contributed by atoms with Crippen molar-refractivity contribution in [2.75, 3.05) is 6.61 Å². The maximum atomic E-state index is 11.9. The Bertz CT molecular complexity index is 387. The molecular formula is C12H15NO2. The molecule has 3 nitrogen and oxygen atoms in total. The van der Waals surface area contributed by atoms with Crippen molar-refractivity contribution >= 4 is 5.91 Å². The monoisotopic (exact) mass is 205 g/mol. The zero-order valence-corrected chi connectivity index (χ0v) is 9.04. The Morgan fingerprint density at radius 1 is 1.53 bits per heavy atom. The van der Waals surface area contributed by atoms with Crippen molar-refractivity contribution in [3.8, 4) is 5.75 Å². The van der Waals surface area contributed by atoms with Gasteiger partial charge in [-0.25, -0.2) is 0 Å². The number of hydrogen-bond acceptors (Lipinski definition) is 2. The molecule has 1 aliphatic heterocycles. The predicted octanol–water partition coefficient (Wildman–Crippen LogP) is 1.90. The molecule has 1 aliphatic rings. The molecule has 1 amide bonds. The van der Waals surface area contributed by atoms with Crippen molar-refractivity contribution in [3.05, 3.63) is 29.3 Å². The summed E-state index contributed by atoms with van der Waals surface area (Å²) in [5, 5.41) is 2.96. The first-order valence-corrected chi connectivity index (χ1v) is 5.25. The predicted molar refractivity (Wildman–Crippen MR) is 58.2 cm³/mol. The van der Waals surface area contributed by atoms with Gasteiger partial charge in [0.25, 0.3) is 5.91 Å². The third-order valence-corrected chi connectivity index (χ3v) is 2.73. The summed E-state index contributed by atoms with van der Waals surface area (Å²) in [6, 6.07) is 5.80. The number of carbonyl (C=O) groups excluding carboxylic acids is 1. The van der Waals surface area contributed by atoms with Gasteiger partial charge in [0.1, 0.15) is 12.4 Å². The van der Waals surface area contributed by atoms with Crippen LogP contribution in [0, 0.1) is 6.92 Å². The number of aryl methyl sites for hydroxylation is 1. The molecule has 80 valence electrons. The van der Waals surface area contributed by atoms with Crippen LogP contribution in [-0.2, 0) is 0 Å². The fraction of sp³-hybridized carbons (Fsp3) is 0.417. The molecule has 0 radical (unpaired) electrons. The number of rotatable bonds is 1. The summed E-state index contributed by atoms with van der Waals surface area (Å²) in [6.45, 7) is 4.52. The van der Waals surface area contributed by atoms with Gasteiger partial charge in [-0.2, -0.15) is 0 Å². The number of hydrogen-bond donors (Lipinski definition) is 1. The van der Waals surface area contributed by atoms with Crippen molar-refractivity contribution in [3.63, 3.8) is 0 Å². The molecule has 1 N–H and O–H groups in total. The molecule has 0 aliphatic carbocycles. The van der Waals surface area contributed by atoms with E-state index in [1.54, 1.807) is 0 Å². The highest BCUT2D eigenvalue weighted by atomic mass is 16.5. The molecule has 1 atom stereocenters. The van der Waals surface area contributed by atoms with E-state index in [0.717, 1.165) is 12.0 Å². The lowest BCUT2D eigenvalue weighted by Gasteiger charge is -2.11. The van der Waals surface area contributed by atoms with Gasteiger partial charge in [0.05, 0.1) is 11.6 Å². The summed E-state index contributed by atoms with van der Waals surface area (Å²) in [5.74, 6) is 0.677. The van der Waals surface area contributed by atoms with Crippen molar-refractivity contribution in [2.24, 2.45) is 0 Å². The summed E-state index contributed by atoms with van der Waals surface area (Å²) in [4.78, 5) is 11.9. The Balaban J connectivity index is 2.40. The van der Waals surface area contributed by atoms with E-state index in [-0.39, 0.29) is 11.9 Å². The fourth-order valence-electron chi connectivity index (χ4n) is 1.76. The van der Waals surface area contributed by atoms with Crippen LogP contribution in [0.15, 0.2) is 18.2 Å². The van der Waals surface area contributed by atoms with E-state index in [9.17, 15) is 4.79 Å². The molecule has 0 unspecified atom stereocenters. The molecule has 15 heavy (non-hydrogen) atoms. The van der Waals surface area contributed by atoms with Crippen molar-refractivity contribution in [2.45, 2.75) is 26.3 Å². The lowest BCUT2D eigenvalue weighted by Crippen LogP contribution is -2.36. The molecule has 0 saturated heterocycles. The van der Waals surface area contributed by atoms with Crippen molar-refractivity contribution < 1.29 is 9.53 Å². The molecule has 0 spiro atoms. The second-order valence-electron chi connectivity index (χ2n) is 3.84. The van der Waals surface area contributed by atoms with Crippen LogP contribution in [0.3, 0.4) is 0 Å². The first-order chi connectivity index (χ1) is 7.22. The molecule has 1 heterocycles. The topological polar surface area (TPSA) is 38.3 Å². The summed E-state index contributed by atoms with van der Waals surface area (Å²) in [6.07, 6.45) is 0.888. The maximum Gasteiger partial charge on any atom is 0.255 e. The van der Waals surface area contributed by atoms with Gasteiger partial charge < -0.3 is 10.1 Å². The number of benzene rings is 1. The Hall–Kier alpha value is -1.51. The van der Waals surface area contributed by atoms with E-state index in [2.05, 4.69) is 5.32 Å². The highest BCUT2D eigenvalue weighted by Gasteiger charge is 2.22. The zero-order chi connectivity index (χ0) is 10.8. The lowest BCUT2D eigenvalue weighted by atomic mass is 10.1. The van der Waals surface area contributed by atoms with E-state index in [4.69, 9.17) is 4.74 Å². The third-order valence-electron chi connectivity index (χ3n) is 2.73. The van der Waals surface area contributed by atoms with Crippen molar-refractivity contribution in [1.29, 1.82) is 0 Å². The number of ether oxygens (including phenoxy) is 1. The van der Waals surface area contributed by atoms with Crippen LogP contribution in [-0.4, -0.2) is 18.6 Å². The Morgan fingerprint density at radius 2 is 2.33 bits per heavy atom. The van der Waals surface area contributed by atoms with Crippen LogP contribution in [0.25, 0.3) is 0 Å². The highest BCUT2D eigenvalue weighted by Crippen LogP contribution is 2.24. The summed E-state index contributed by atoms with van der Waals surface area (Å²) >= 11 is 0. The summed E-state index contributed by atoms with van der Waals surface area (Å²) < 4.78 is 5.62. The van der Waals surface area contributed by atoms with E-state index in [0.29, 0.717) is 17.9 Å². The number of nitrogens with one attached hydrogen (secondary N) is 1. The highest BCUT2D eigenvalue weighted by molar-refractivity contribution is 5.98. The van der Waals surface area contributed by atoms with Crippen molar-refractivity contribution in [1.82, 2.24) is 5.32 Å². The quantitative estimate of drug-likeness (QED) is 0.760. The average Bonchev–Trinajstić information content (AvgIpc) is 2.39.